The van der Waals surface area contributed by atoms with Crippen LogP contribution in [0.3, 0.4) is 0 Å². The van der Waals surface area contributed by atoms with Gasteiger partial charge in [0.05, 0.1) is 17.9 Å². The number of aromatic nitrogens is 2. The Morgan fingerprint density at radius 3 is 2.96 bits per heavy atom. The average molecular weight is 328 g/mol. The van der Waals surface area contributed by atoms with Crippen LogP contribution in [0.2, 0.25) is 0 Å². The number of aryl methyl sites for hydroxylation is 1. The minimum Gasteiger partial charge on any atom is -0.380 e. The maximum Gasteiger partial charge on any atom is 0.235 e. The van der Waals surface area contributed by atoms with Gasteiger partial charge in [0, 0.05) is 19.0 Å². The van der Waals surface area contributed by atoms with E-state index in [2.05, 4.69) is 21.4 Å². The van der Waals surface area contributed by atoms with Gasteiger partial charge in [-0.25, -0.2) is 9.97 Å². The molecule has 0 saturated carbocycles. The van der Waals surface area contributed by atoms with Crippen LogP contribution in [0.15, 0.2) is 35.5 Å². The van der Waals surface area contributed by atoms with E-state index in [4.69, 9.17) is 4.74 Å². The Morgan fingerprint density at radius 2 is 2.30 bits per heavy atom. The summed E-state index contributed by atoms with van der Waals surface area (Å²) >= 11 is 1.22. The van der Waals surface area contributed by atoms with Gasteiger partial charge in [0.2, 0.25) is 5.91 Å². The molecule has 0 aliphatic carbocycles. The lowest BCUT2D eigenvalue weighted by atomic mass is 10.1. The first kappa shape index (κ1) is 16.9. The molecule has 0 saturated heterocycles. The molecule has 0 unspecified atom stereocenters. The maximum atomic E-state index is 12.0. The number of hydrogen-bond acceptors (Lipinski definition) is 6. The molecule has 0 bridgehead atoms. The first-order valence-electron chi connectivity index (χ1n) is 6.87. The highest BCUT2D eigenvalue weighted by Gasteiger charge is 2.13. The molecule has 1 N–H and O–H groups in total. The van der Waals surface area contributed by atoms with Gasteiger partial charge in [-0.05, 0) is 30.7 Å². The summed E-state index contributed by atoms with van der Waals surface area (Å²) in [5.74, 6) is 0.443. The molecule has 0 spiro atoms. The second-order valence-electron chi connectivity index (χ2n) is 4.70. The number of carbonyl (C=O) groups is 1. The largest absolute Gasteiger partial charge is 0.380 e. The third-order valence-corrected chi connectivity index (χ3v) is 3.86. The standard InChI is InChI=1S/C16H16N4O2S/c1-11-7-12(9-22-2)13(8-17)16(19-11)23-10-15(21)20-14-5-3-4-6-18-14/h3-7H,9-10H2,1-2H3,(H,18,20,21). The molecule has 0 aliphatic rings. The molecule has 0 fully saturated rings. The first-order valence-corrected chi connectivity index (χ1v) is 7.86. The highest BCUT2D eigenvalue weighted by atomic mass is 32.2. The number of thioether (sulfide) groups is 1. The van der Waals surface area contributed by atoms with Crippen LogP contribution in [0.25, 0.3) is 0 Å². The van der Waals surface area contributed by atoms with Crippen molar-refractivity contribution < 1.29 is 9.53 Å². The molecule has 2 aromatic heterocycles. The smallest absolute Gasteiger partial charge is 0.235 e. The molecule has 0 aromatic carbocycles. The van der Waals surface area contributed by atoms with Crippen molar-refractivity contribution in [3.63, 3.8) is 0 Å². The van der Waals surface area contributed by atoms with E-state index < -0.39 is 0 Å². The van der Waals surface area contributed by atoms with Gasteiger partial charge in [-0.2, -0.15) is 5.26 Å². The van der Waals surface area contributed by atoms with Crippen molar-refractivity contribution in [1.82, 2.24) is 9.97 Å². The van der Waals surface area contributed by atoms with E-state index >= 15 is 0 Å². The van der Waals surface area contributed by atoms with Gasteiger partial charge in [-0.1, -0.05) is 17.8 Å². The van der Waals surface area contributed by atoms with E-state index in [-0.39, 0.29) is 11.7 Å². The maximum absolute atomic E-state index is 12.0. The number of rotatable bonds is 6. The van der Waals surface area contributed by atoms with Gasteiger partial charge in [0.15, 0.2) is 0 Å². The van der Waals surface area contributed by atoms with Crippen molar-refractivity contribution in [3.8, 4) is 6.07 Å². The van der Waals surface area contributed by atoms with Crippen molar-refractivity contribution in [2.45, 2.75) is 18.6 Å². The van der Waals surface area contributed by atoms with E-state index in [1.807, 2.05) is 13.0 Å². The van der Waals surface area contributed by atoms with Crippen LogP contribution in [-0.4, -0.2) is 28.7 Å². The Bertz CT molecular complexity index is 729. The third kappa shape index (κ3) is 4.77. The van der Waals surface area contributed by atoms with E-state index in [1.54, 1.807) is 31.5 Å². The highest BCUT2D eigenvalue weighted by Crippen LogP contribution is 2.24. The van der Waals surface area contributed by atoms with E-state index in [1.165, 1.54) is 11.8 Å². The van der Waals surface area contributed by atoms with E-state index in [0.717, 1.165) is 11.3 Å². The molecular formula is C16H16N4O2S. The third-order valence-electron chi connectivity index (χ3n) is 2.88. The van der Waals surface area contributed by atoms with Crippen LogP contribution in [0.1, 0.15) is 16.8 Å². The summed E-state index contributed by atoms with van der Waals surface area (Å²) in [5.41, 5.74) is 2.01. The number of nitrogens with one attached hydrogen (secondary N) is 1. The molecule has 0 atom stereocenters. The number of amides is 1. The molecule has 7 heteroatoms. The summed E-state index contributed by atoms with van der Waals surface area (Å²) in [7, 11) is 1.57. The van der Waals surface area contributed by atoms with E-state index in [0.29, 0.717) is 23.0 Å². The summed E-state index contributed by atoms with van der Waals surface area (Å²) in [6.45, 7) is 2.18. The molecule has 2 rings (SSSR count). The minimum atomic E-state index is -0.200. The fourth-order valence-corrected chi connectivity index (χ4v) is 2.82. The molecule has 1 amide bonds. The van der Waals surface area contributed by atoms with Crippen LogP contribution in [-0.2, 0) is 16.1 Å². The van der Waals surface area contributed by atoms with Crippen LogP contribution in [0.4, 0.5) is 5.82 Å². The highest BCUT2D eigenvalue weighted by molar-refractivity contribution is 8.00. The molecule has 0 radical (unpaired) electrons. The van der Waals surface area contributed by atoms with Gasteiger partial charge in [0.1, 0.15) is 16.9 Å². The van der Waals surface area contributed by atoms with Crippen LogP contribution in [0.5, 0.6) is 0 Å². The summed E-state index contributed by atoms with van der Waals surface area (Å²) in [4.78, 5) is 20.4. The monoisotopic (exact) mass is 328 g/mol. The molecule has 23 heavy (non-hydrogen) atoms. The average Bonchev–Trinajstić information content (AvgIpc) is 2.54. The Balaban J connectivity index is 2.08. The van der Waals surface area contributed by atoms with Crippen LogP contribution < -0.4 is 5.32 Å². The van der Waals surface area contributed by atoms with Crippen molar-refractivity contribution in [1.29, 1.82) is 5.26 Å². The number of methoxy groups -OCH3 is 1. The molecule has 0 aliphatic heterocycles. The Hall–Kier alpha value is -2.43. The number of anilines is 1. The SMILES string of the molecule is COCc1cc(C)nc(SCC(=O)Nc2ccccn2)c1C#N. The molecule has 6 nitrogen and oxygen atoms in total. The molecular weight excluding hydrogens is 312 g/mol. The number of hydrogen-bond donors (Lipinski definition) is 1. The Kier molecular flexibility index (Phi) is 6.09. The normalized spacial score (nSPS) is 10.1. The quantitative estimate of drug-likeness (QED) is 0.820. The first-order chi connectivity index (χ1) is 11.1. The number of ether oxygens (including phenoxy) is 1. The Morgan fingerprint density at radius 1 is 1.48 bits per heavy atom. The number of nitriles is 1. The second-order valence-corrected chi connectivity index (χ2v) is 5.66. The lowest BCUT2D eigenvalue weighted by Crippen LogP contribution is -2.15. The number of pyridine rings is 2. The fourth-order valence-electron chi connectivity index (χ4n) is 1.95. The van der Waals surface area contributed by atoms with Gasteiger partial charge in [-0.15, -0.1) is 0 Å². The zero-order valence-electron chi connectivity index (χ0n) is 12.9. The predicted octanol–water partition coefficient (Wildman–Crippen LogP) is 2.53. The van der Waals surface area contributed by atoms with Gasteiger partial charge < -0.3 is 10.1 Å². The van der Waals surface area contributed by atoms with E-state index in [9.17, 15) is 10.1 Å². The van der Waals surface area contributed by atoms with Gasteiger partial charge in [-0.3, -0.25) is 4.79 Å². The van der Waals surface area contributed by atoms with Crippen molar-refractivity contribution in [2.75, 3.05) is 18.2 Å². The summed E-state index contributed by atoms with van der Waals surface area (Å²) in [5, 5.41) is 12.6. The summed E-state index contributed by atoms with van der Waals surface area (Å²) in [6, 6.07) is 9.24. The number of nitrogens with zero attached hydrogens (tertiary/aromatic N) is 3. The number of carbonyl (C=O) groups excluding carboxylic acids is 1. The van der Waals surface area contributed by atoms with Crippen molar-refractivity contribution in [2.24, 2.45) is 0 Å². The second kappa shape index (κ2) is 8.27. The Labute approximate surface area is 138 Å². The van der Waals surface area contributed by atoms with Gasteiger partial charge in [0.25, 0.3) is 0 Å². The van der Waals surface area contributed by atoms with Crippen molar-refractivity contribution in [3.05, 3.63) is 47.3 Å². The van der Waals surface area contributed by atoms with Crippen molar-refractivity contribution >= 4 is 23.5 Å². The van der Waals surface area contributed by atoms with Crippen LogP contribution in [0, 0.1) is 18.3 Å². The predicted molar refractivity (Wildman–Crippen MR) is 88.0 cm³/mol. The summed E-state index contributed by atoms with van der Waals surface area (Å²) < 4.78 is 5.11. The summed E-state index contributed by atoms with van der Waals surface area (Å²) in [6.07, 6.45) is 1.61. The molecule has 2 heterocycles. The van der Waals surface area contributed by atoms with Gasteiger partial charge >= 0.3 is 0 Å². The molecule has 118 valence electrons. The zero-order valence-corrected chi connectivity index (χ0v) is 13.7. The topological polar surface area (TPSA) is 87.9 Å². The fraction of sp³-hybridized carbons (Fsp3) is 0.250. The molecule has 2 aromatic rings. The zero-order chi connectivity index (χ0) is 16.7. The lowest BCUT2D eigenvalue weighted by molar-refractivity contribution is -0.113. The lowest BCUT2D eigenvalue weighted by Gasteiger charge is -2.09. The van der Waals surface area contributed by atoms with Crippen LogP contribution >= 0.6 is 11.8 Å². The minimum absolute atomic E-state index is 0.147.